The van der Waals surface area contributed by atoms with Crippen LogP contribution in [0, 0.1) is 5.92 Å². The van der Waals surface area contributed by atoms with Crippen LogP contribution in [0.2, 0.25) is 0 Å². The van der Waals surface area contributed by atoms with Gasteiger partial charge >= 0.3 is 0 Å². The van der Waals surface area contributed by atoms with Crippen molar-refractivity contribution in [2.45, 2.75) is 51.7 Å². The molecule has 0 aromatic heterocycles. The zero-order valence-electron chi connectivity index (χ0n) is 9.66. The van der Waals surface area contributed by atoms with Crippen molar-refractivity contribution in [3.05, 3.63) is 0 Å². The summed E-state index contributed by atoms with van der Waals surface area (Å²) in [6.07, 6.45) is 2.09. The van der Waals surface area contributed by atoms with Gasteiger partial charge in [0.05, 0.1) is 6.04 Å². The number of hydrogen-bond acceptors (Lipinski definition) is 3. The molecule has 0 aromatic carbocycles. The number of hydrogen-bond donors (Lipinski definition) is 1. The maximum atomic E-state index is 11.4. The first-order chi connectivity index (χ1) is 6.49. The van der Waals surface area contributed by atoms with Crippen molar-refractivity contribution in [2.24, 2.45) is 11.7 Å². The fraction of sp³-hybridized carbons (Fsp3) is 0.909. The summed E-state index contributed by atoms with van der Waals surface area (Å²) in [5.41, 5.74) is 5.96. The second-order valence-corrected chi connectivity index (χ2v) is 4.55. The van der Waals surface area contributed by atoms with E-state index in [0.29, 0.717) is 12.0 Å². The minimum atomic E-state index is 0.0935. The van der Waals surface area contributed by atoms with Gasteiger partial charge < -0.3 is 5.73 Å². The smallest absolute Gasteiger partial charge is 0.146 e. The minimum absolute atomic E-state index is 0.0935. The van der Waals surface area contributed by atoms with Crippen LogP contribution in [0.25, 0.3) is 0 Å². The molecule has 3 nitrogen and oxygen atoms in total. The molecule has 0 saturated carbocycles. The third kappa shape index (κ3) is 1.98. The summed E-state index contributed by atoms with van der Waals surface area (Å²) in [7, 11) is 2.02. The number of carbonyl (C=O) groups is 1. The average Bonchev–Trinajstić information content (AvgIpc) is 2.42. The average molecular weight is 198 g/mol. The Morgan fingerprint density at radius 1 is 1.64 bits per heavy atom. The monoisotopic (exact) mass is 198 g/mol. The Kier molecular flexibility index (Phi) is 3.67. The molecular weight excluding hydrogens is 176 g/mol. The maximum absolute atomic E-state index is 11.4. The van der Waals surface area contributed by atoms with Gasteiger partial charge in [-0.15, -0.1) is 0 Å². The Morgan fingerprint density at radius 2 is 2.21 bits per heavy atom. The molecule has 0 aliphatic carbocycles. The Hall–Kier alpha value is -0.410. The van der Waals surface area contributed by atoms with Crippen molar-refractivity contribution in [1.82, 2.24) is 4.90 Å². The number of carbonyl (C=O) groups excluding carboxylic acids is 1. The van der Waals surface area contributed by atoms with Crippen LogP contribution in [0.1, 0.15) is 33.6 Å². The molecule has 0 amide bonds. The molecule has 2 N–H and O–H groups in total. The van der Waals surface area contributed by atoms with Crippen LogP contribution >= 0.6 is 0 Å². The normalized spacial score (nSPS) is 35.9. The highest BCUT2D eigenvalue weighted by molar-refractivity contribution is 5.81. The molecule has 4 unspecified atom stereocenters. The lowest BCUT2D eigenvalue weighted by Gasteiger charge is -2.29. The van der Waals surface area contributed by atoms with Gasteiger partial charge in [-0.25, -0.2) is 0 Å². The minimum Gasteiger partial charge on any atom is -0.327 e. The number of nitrogens with zero attached hydrogens (tertiary/aromatic N) is 1. The molecule has 0 radical (unpaired) electrons. The summed E-state index contributed by atoms with van der Waals surface area (Å²) in [5, 5.41) is 0. The lowest BCUT2D eigenvalue weighted by molar-refractivity contribution is -0.121. The number of rotatable bonds is 3. The molecule has 1 aliphatic heterocycles. The first-order valence-corrected chi connectivity index (χ1v) is 5.47. The zero-order chi connectivity index (χ0) is 10.9. The first kappa shape index (κ1) is 11.7. The van der Waals surface area contributed by atoms with E-state index in [4.69, 9.17) is 5.73 Å². The summed E-state index contributed by atoms with van der Waals surface area (Å²) >= 11 is 0. The van der Waals surface area contributed by atoms with E-state index in [1.54, 1.807) is 6.92 Å². The van der Waals surface area contributed by atoms with Crippen LogP contribution in [0.15, 0.2) is 0 Å². The lowest BCUT2D eigenvalue weighted by atomic mass is 9.92. The molecule has 14 heavy (non-hydrogen) atoms. The Balaban J connectivity index is 2.79. The maximum Gasteiger partial charge on any atom is 0.146 e. The molecule has 0 bridgehead atoms. The highest BCUT2D eigenvalue weighted by Gasteiger charge is 2.41. The molecule has 0 spiro atoms. The van der Waals surface area contributed by atoms with E-state index < -0.39 is 0 Å². The van der Waals surface area contributed by atoms with Gasteiger partial charge in [0.15, 0.2) is 0 Å². The van der Waals surface area contributed by atoms with Crippen molar-refractivity contribution >= 4 is 5.78 Å². The molecule has 82 valence electrons. The van der Waals surface area contributed by atoms with E-state index in [1.807, 2.05) is 14.0 Å². The van der Waals surface area contributed by atoms with Crippen LogP contribution in [0.3, 0.4) is 0 Å². The second kappa shape index (κ2) is 4.41. The Morgan fingerprint density at radius 3 is 2.50 bits per heavy atom. The van der Waals surface area contributed by atoms with E-state index >= 15 is 0 Å². The largest absolute Gasteiger partial charge is 0.327 e. The van der Waals surface area contributed by atoms with Crippen LogP contribution in [-0.2, 0) is 4.79 Å². The Bertz CT molecular complexity index is 215. The van der Waals surface area contributed by atoms with Gasteiger partial charge in [-0.1, -0.05) is 13.3 Å². The topological polar surface area (TPSA) is 46.3 Å². The number of ketones is 1. The van der Waals surface area contributed by atoms with Crippen LogP contribution in [0.4, 0.5) is 0 Å². The highest BCUT2D eigenvalue weighted by atomic mass is 16.1. The van der Waals surface area contributed by atoms with Crippen molar-refractivity contribution in [2.75, 3.05) is 7.05 Å². The van der Waals surface area contributed by atoms with Crippen molar-refractivity contribution in [3.8, 4) is 0 Å². The van der Waals surface area contributed by atoms with Crippen molar-refractivity contribution in [1.29, 1.82) is 0 Å². The van der Waals surface area contributed by atoms with Gasteiger partial charge in [0.2, 0.25) is 0 Å². The standard InChI is InChI=1S/C11H22N2O/c1-5-9-6-10(8(3)14)13(4)11(9)7(2)12/h7,9-11H,5-6,12H2,1-4H3. The number of Topliss-reactive ketones (excluding diaryl/α,β-unsaturated/α-hetero) is 1. The number of likely N-dealkylation sites (N-methyl/N-ethyl adjacent to an activating group) is 1. The second-order valence-electron chi connectivity index (χ2n) is 4.55. The van der Waals surface area contributed by atoms with Gasteiger partial charge in [0.1, 0.15) is 5.78 Å². The van der Waals surface area contributed by atoms with E-state index in [-0.39, 0.29) is 17.9 Å². The highest BCUT2D eigenvalue weighted by Crippen LogP contribution is 2.32. The van der Waals surface area contributed by atoms with Crippen LogP contribution < -0.4 is 5.73 Å². The number of nitrogens with two attached hydrogens (primary N) is 1. The first-order valence-electron chi connectivity index (χ1n) is 5.47. The molecule has 4 atom stereocenters. The van der Waals surface area contributed by atoms with Gasteiger partial charge in [-0.05, 0) is 33.2 Å². The molecule has 1 fully saturated rings. The molecule has 1 heterocycles. The van der Waals surface area contributed by atoms with E-state index in [2.05, 4.69) is 11.8 Å². The summed E-state index contributed by atoms with van der Waals surface area (Å²) < 4.78 is 0. The summed E-state index contributed by atoms with van der Waals surface area (Å²) in [6.45, 7) is 5.89. The summed E-state index contributed by atoms with van der Waals surface area (Å²) in [5.74, 6) is 0.850. The van der Waals surface area contributed by atoms with E-state index in [0.717, 1.165) is 12.8 Å². The van der Waals surface area contributed by atoms with Gasteiger partial charge in [-0.2, -0.15) is 0 Å². The van der Waals surface area contributed by atoms with E-state index in [9.17, 15) is 4.79 Å². The number of likely N-dealkylation sites (tertiary alicyclic amines) is 1. The quantitative estimate of drug-likeness (QED) is 0.736. The lowest BCUT2D eigenvalue weighted by Crippen LogP contribution is -2.46. The van der Waals surface area contributed by atoms with Gasteiger partial charge in [0.25, 0.3) is 0 Å². The zero-order valence-corrected chi connectivity index (χ0v) is 9.66. The summed E-state index contributed by atoms with van der Waals surface area (Å²) in [6, 6.07) is 0.610. The van der Waals surface area contributed by atoms with Crippen LogP contribution in [-0.4, -0.2) is 35.9 Å². The molecule has 0 aromatic rings. The molecule has 1 saturated heterocycles. The molecule has 1 aliphatic rings. The predicted octanol–water partition coefficient (Wildman–Crippen LogP) is 1.02. The summed E-state index contributed by atoms with van der Waals surface area (Å²) in [4.78, 5) is 13.6. The predicted molar refractivity (Wildman–Crippen MR) is 58.1 cm³/mol. The third-order valence-electron chi connectivity index (χ3n) is 3.50. The van der Waals surface area contributed by atoms with Gasteiger partial charge in [0, 0.05) is 12.1 Å². The third-order valence-corrected chi connectivity index (χ3v) is 3.50. The van der Waals surface area contributed by atoms with E-state index in [1.165, 1.54) is 0 Å². The molecular formula is C11H22N2O. The fourth-order valence-electron chi connectivity index (χ4n) is 2.79. The molecule has 3 heteroatoms. The van der Waals surface area contributed by atoms with Crippen molar-refractivity contribution in [3.63, 3.8) is 0 Å². The SMILES string of the molecule is CCC1CC(C(C)=O)N(C)C1C(C)N. The van der Waals surface area contributed by atoms with Crippen LogP contribution in [0.5, 0.6) is 0 Å². The van der Waals surface area contributed by atoms with Gasteiger partial charge in [-0.3, -0.25) is 9.69 Å². The molecule has 1 rings (SSSR count). The van der Waals surface area contributed by atoms with Crippen molar-refractivity contribution < 1.29 is 4.79 Å². The fourth-order valence-corrected chi connectivity index (χ4v) is 2.79. The Labute approximate surface area is 86.6 Å².